The van der Waals surface area contributed by atoms with Crippen LogP contribution in [0.4, 0.5) is 0 Å². The maximum Gasteiger partial charge on any atom is 0.177 e. The first-order chi connectivity index (χ1) is 7.24. The van der Waals surface area contributed by atoms with Gasteiger partial charge in [0, 0.05) is 10.2 Å². The second-order valence-electron chi connectivity index (χ2n) is 2.79. The van der Waals surface area contributed by atoms with Gasteiger partial charge in [0.2, 0.25) is 0 Å². The van der Waals surface area contributed by atoms with Gasteiger partial charge in [-0.05, 0) is 29.9 Å². The molecular weight excluding hydrogens is 312 g/mol. The molecule has 0 aliphatic rings. The van der Waals surface area contributed by atoms with E-state index >= 15 is 0 Å². The van der Waals surface area contributed by atoms with Gasteiger partial charge in [0.05, 0.1) is 0 Å². The Morgan fingerprint density at radius 2 is 2.13 bits per heavy atom. The molecule has 1 N–H and O–H groups in total. The van der Waals surface area contributed by atoms with Crippen molar-refractivity contribution < 1.29 is 0 Å². The Morgan fingerprint density at radius 3 is 2.73 bits per heavy atom. The Labute approximate surface area is 109 Å². The monoisotopic (exact) mass is 318 g/mol. The Bertz CT molecular complexity index is 489. The van der Waals surface area contributed by atoms with Crippen molar-refractivity contribution in [2.75, 3.05) is 0 Å². The molecule has 0 aliphatic carbocycles. The number of nitrogens with one attached hydrogen (secondary N) is 1. The van der Waals surface area contributed by atoms with Crippen molar-refractivity contribution >= 4 is 51.2 Å². The van der Waals surface area contributed by atoms with E-state index in [1.54, 1.807) is 11.8 Å². The molecular formula is C9H7BrN2S3. The van der Waals surface area contributed by atoms with Crippen molar-refractivity contribution in [1.82, 2.24) is 10.2 Å². The van der Waals surface area contributed by atoms with Crippen molar-refractivity contribution in [2.45, 2.75) is 10.1 Å². The Morgan fingerprint density at radius 1 is 1.40 bits per heavy atom. The normalized spacial score (nSPS) is 10.5. The zero-order valence-corrected chi connectivity index (χ0v) is 11.6. The fourth-order valence-electron chi connectivity index (χ4n) is 1.00. The molecule has 0 radical (unpaired) electrons. The van der Waals surface area contributed by atoms with Gasteiger partial charge in [0.15, 0.2) is 8.29 Å². The molecule has 0 fully saturated rings. The second kappa shape index (κ2) is 5.25. The quantitative estimate of drug-likeness (QED) is 0.677. The molecule has 2 nitrogen and oxygen atoms in total. The minimum Gasteiger partial charge on any atom is -0.257 e. The van der Waals surface area contributed by atoms with E-state index in [1.807, 2.05) is 12.1 Å². The maximum atomic E-state index is 4.96. The van der Waals surface area contributed by atoms with Crippen LogP contribution in [0.1, 0.15) is 5.56 Å². The van der Waals surface area contributed by atoms with Crippen molar-refractivity contribution in [2.24, 2.45) is 0 Å². The molecule has 78 valence electrons. The van der Waals surface area contributed by atoms with Crippen LogP contribution in [0.3, 0.4) is 0 Å². The van der Waals surface area contributed by atoms with E-state index < -0.39 is 0 Å². The number of hydrogen-bond donors (Lipinski definition) is 1. The lowest BCUT2D eigenvalue weighted by Gasteiger charge is -1.98. The molecule has 1 aromatic heterocycles. The summed E-state index contributed by atoms with van der Waals surface area (Å²) in [4.78, 5) is 0. The fourth-order valence-corrected chi connectivity index (χ4v) is 3.31. The van der Waals surface area contributed by atoms with Gasteiger partial charge in [-0.2, -0.15) is 5.10 Å². The number of benzene rings is 1. The van der Waals surface area contributed by atoms with Gasteiger partial charge in [-0.1, -0.05) is 51.2 Å². The van der Waals surface area contributed by atoms with E-state index in [0.29, 0.717) is 0 Å². The molecule has 0 bridgehead atoms. The minimum absolute atomic E-state index is 0.730. The lowest BCUT2D eigenvalue weighted by Crippen LogP contribution is -1.79. The predicted molar refractivity (Wildman–Crippen MR) is 71.0 cm³/mol. The fraction of sp³-hybridized carbons (Fsp3) is 0.111. The number of hydrogen-bond acceptors (Lipinski definition) is 4. The first kappa shape index (κ1) is 11.3. The van der Waals surface area contributed by atoms with Crippen LogP contribution >= 0.6 is 51.2 Å². The molecule has 0 spiro atoms. The van der Waals surface area contributed by atoms with Crippen LogP contribution in [-0.4, -0.2) is 10.2 Å². The summed E-state index contributed by atoms with van der Waals surface area (Å²) in [5.41, 5.74) is 1.28. The van der Waals surface area contributed by atoms with E-state index in [2.05, 4.69) is 38.3 Å². The summed E-state index contributed by atoms with van der Waals surface area (Å²) in [6.07, 6.45) is 0. The summed E-state index contributed by atoms with van der Waals surface area (Å²) in [6.45, 7) is 0. The summed E-state index contributed by atoms with van der Waals surface area (Å²) in [5.74, 6) is 0.920. The third kappa shape index (κ3) is 3.41. The number of rotatable bonds is 3. The smallest absolute Gasteiger partial charge is 0.177 e. The Hall–Kier alpha value is -0.170. The van der Waals surface area contributed by atoms with E-state index in [4.69, 9.17) is 12.2 Å². The summed E-state index contributed by atoms with van der Waals surface area (Å²) in [6, 6.07) is 8.29. The third-order valence-corrected chi connectivity index (χ3v) is 4.53. The number of aromatic nitrogens is 2. The van der Waals surface area contributed by atoms with Crippen LogP contribution in [0, 0.1) is 3.95 Å². The van der Waals surface area contributed by atoms with E-state index in [0.717, 1.165) is 18.5 Å². The van der Waals surface area contributed by atoms with Gasteiger partial charge in [-0.3, -0.25) is 5.10 Å². The van der Waals surface area contributed by atoms with Crippen molar-refractivity contribution in [1.29, 1.82) is 0 Å². The molecule has 15 heavy (non-hydrogen) atoms. The Kier molecular flexibility index (Phi) is 3.96. The summed E-state index contributed by atoms with van der Waals surface area (Å²) in [7, 11) is 0. The van der Waals surface area contributed by atoms with Crippen LogP contribution in [0.2, 0.25) is 0 Å². The molecule has 6 heteroatoms. The average Bonchev–Trinajstić information content (AvgIpc) is 2.64. The van der Waals surface area contributed by atoms with Gasteiger partial charge in [0.25, 0.3) is 0 Å². The van der Waals surface area contributed by atoms with Gasteiger partial charge < -0.3 is 0 Å². The lowest BCUT2D eigenvalue weighted by atomic mass is 10.2. The van der Waals surface area contributed by atoms with Crippen molar-refractivity contribution in [3.05, 3.63) is 38.3 Å². The maximum absolute atomic E-state index is 4.96. The van der Waals surface area contributed by atoms with Gasteiger partial charge in [-0.25, -0.2) is 0 Å². The lowest BCUT2D eigenvalue weighted by molar-refractivity contribution is 1.00. The zero-order valence-electron chi connectivity index (χ0n) is 7.57. The molecule has 0 saturated carbocycles. The van der Waals surface area contributed by atoms with Gasteiger partial charge >= 0.3 is 0 Å². The zero-order chi connectivity index (χ0) is 10.7. The largest absolute Gasteiger partial charge is 0.257 e. The first-order valence-electron chi connectivity index (χ1n) is 4.17. The van der Waals surface area contributed by atoms with Crippen LogP contribution in [0.25, 0.3) is 0 Å². The molecule has 1 aromatic carbocycles. The summed E-state index contributed by atoms with van der Waals surface area (Å²) in [5, 5.41) is 6.86. The molecule has 0 unspecified atom stereocenters. The predicted octanol–water partition coefficient (Wildman–Crippen LogP) is 4.26. The minimum atomic E-state index is 0.730. The van der Waals surface area contributed by atoms with E-state index in [-0.39, 0.29) is 0 Å². The summed E-state index contributed by atoms with van der Waals surface area (Å²) >= 11 is 11.6. The highest BCUT2D eigenvalue weighted by atomic mass is 79.9. The number of aromatic amines is 1. The first-order valence-corrected chi connectivity index (χ1v) is 7.17. The molecule has 2 aromatic rings. The van der Waals surface area contributed by atoms with Crippen LogP contribution < -0.4 is 0 Å². The molecule has 0 amide bonds. The molecule has 0 saturated heterocycles. The molecule has 1 heterocycles. The number of thioether (sulfide) groups is 1. The van der Waals surface area contributed by atoms with Crippen LogP contribution in [-0.2, 0) is 5.75 Å². The number of halogens is 1. The summed E-state index contributed by atoms with van der Waals surface area (Å²) < 4.78 is 2.82. The Balaban J connectivity index is 1.99. The van der Waals surface area contributed by atoms with E-state index in [9.17, 15) is 0 Å². The average molecular weight is 319 g/mol. The van der Waals surface area contributed by atoms with Crippen molar-refractivity contribution in [3.63, 3.8) is 0 Å². The SMILES string of the molecule is S=c1[nH]nc(SCc2ccc(Br)cc2)s1. The standard InChI is InChI=1S/C9H7BrN2S3/c10-7-3-1-6(2-4-7)5-14-9-12-11-8(13)15-9/h1-4H,5H2,(H,11,13). The van der Waals surface area contributed by atoms with Crippen LogP contribution in [0.5, 0.6) is 0 Å². The molecule has 0 aliphatic heterocycles. The van der Waals surface area contributed by atoms with Crippen LogP contribution in [0.15, 0.2) is 33.1 Å². The highest BCUT2D eigenvalue weighted by Crippen LogP contribution is 2.24. The highest BCUT2D eigenvalue weighted by molar-refractivity contribution is 9.10. The number of H-pyrrole nitrogens is 1. The number of nitrogens with zero attached hydrogens (tertiary/aromatic N) is 1. The topological polar surface area (TPSA) is 28.7 Å². The molecule has 2 rings (SSSR count). The molecule has 0 atom stereocenters. The second-order valence-corrected chi connectivity index (χ2v) is 6.60. The van der Waals surface area contributed by atoms with Gasteiger partial charge in [-0.15, -0.1) is 0 Å². The van der Waals surface area contributed by atoms with Gasteiger partial charge in [0.1, 0.15) is 0 Å². The highest BCUT2D eigenvalue weighted by Gasteiger charge is 1.99. The third-order valence-electron chi connectivity index (χ3n) is 1.69. The van der Waals surface area contributed by atoms with Crippen molar-refractivity contribution in [3.8, 4) is 0 Å². The van der Waals surface area contributed by atoms with E-state index in [1.165, 1.54) is 16.9 Å².